The molecular formula is C11H6Br2O. The summed E-state index contributed by atoms with van der Waals surface area (Å²) in [6.07, 6.45) is 0.853. The molecule has 3 heteroatoms. The highest BCUT2D eigenvalue weighted by atomic mass is 79.9. The normalized spacial score (nSPS) is 10.4. The Morgan fingerprint density at radius 2 is 1.86 bits per heavy atom. The highest BCUT2D eigenvalue weighted by Gasteiger charge is 2.01. The zero-order valence-electron chi connectivity index (χ0n) is 7.13. The standard InChI is InChI=1S/C11H6Br2O/c12-9-2-1-8-3-7(6-14)4-11(13)10(8)5-9/h1-6H. The third kappa shape index (κ3) is 1.74. The Bertz CT molecular complexity index is 506. The van der Waals surface area contributed by atoms with Crippen LogP contribution >= 0.6 is 31.9 Å². The first-order chi connectivity index (χ1) is 6.70. The molecule has 0 bridgehead atoms. The maximum absolute atomic E-state index is 10.6. The Hall–Kier alpha value is -0.670. The summed E-state index contributed by atoms with van der Waals surface area (Å²) in [6.45, 7) is 0. The molecule has 14 heavy (non-hydrogen) atoms. The molecule has 0 saturated heterocycles. The van der Waals surface area contributed by atoms with Crippen molar-refractivity contribution in [3.05, 3.63) is 44.8 Å². The molecule has 0 aliphatic carbocycles. The van der Waals surface area contributed by atoms with Crippen LogP contribution in [0.15, 0.2) is 39.3 Å². The molecule has 1 nitrogen and oxygen atoms in total. The van der Waals surface area contributed by atoms with Crippen LogP contribution in [-0.2, 0) is 0 Å². The average Bonchev–Trinajstić information content (AvgIpc) is 2.19. The van der Waals surface area contributed by atoms with E-state index in [0.717, 1.165) is 26.0 Å². The Labute approximate surface area is 98.4 Å². The van der Waals surface area contributed by atoms with Crippen LogP contribution in [0.1, 0.15) is 10.4 Å². The van der Waals surface area contributed by atoms with E-state index in [4.69, 9.17) is 0 Å². The molecule has 0 spiro atoms. The molecule has 0 heterocycles. The molecule has 2 aromatic rings. The van der Waals surface area contributed by atoms with Crippen molar-refractivity contribution in [3.8, 4) is 0 Å². The van der Waals surface area contributed by atoms with E-state index in [1.807, 2.05) is 30.3 Å². The van der Waals surface area contributed by atoms with Crippen LogP contribution in [0.25, 0.3) is 10.8 Å². The third-order valence-corrected chi connectivity index (χ3v) is 3.17. The van der Waals surface area contributed by atoms with Gasteiger partial charge in [-0.15, -0.1) is 0 Å². The predicted octanol–water partition coefficient (Wildman–Crippen LogP) is 4.18. The Morgan fingerprint density at radius 3 is 2.57 bits per heavy atom. The van der Waals surface area contributed by atoms with Gasteiger partial charge >= 0.3 is 0 Å². The second kappa shape index (κ2) is 3.83. The zero-order valence-corrected chi connectivity index (χ0v) is 10.3. The second-order valence-electron chi connectivity index (χ2n) is 2.99. The van der Waals surface area contributed by atoms with Gasteiger partial charge in [-0.25, -0.2) is 0 Å². The molecule has 0 fully saturated rings. The maximum Gasteiger partial charge on any atom is 0.150 e. The smallest absolute Gasteiger partial charge is 0.150 e. The molecule has 0 atom stereocenters. The molecule has 2 rings (SSSR count). The van der Waals surface area contributed by atoms with Crippen molar-refractivity contribution in [1.29, 1.82) is 0 Å². The van der Waals surface area contributed by atoms with Crippen LogP contribution in [0, 0.1) is 0 Å². The molecular weight excluding hydrogens is 308 g/mol. The largest absolute Gasteiger partial charge is 0.298 e. The Kier molecular flexibility index (Phi) is 2.70. The summed E-state index contributed by atoms with van der Waals surface area (Å²) in [5.74, 6) is 0. The number of carbonyl (C=O) groups excluding carboxylic acids is 1. The molecule has 0 aromatic heterocycles. The summed E-state index contributed by atoms with van der Waals surface area (Å²) in [5.41, 5.74) is 0.687. The van der Waals surface area contributed by atoms with Gasteiger partial charge in [0.25, 0.3) is 0 Å². The van der Waals surface area contributed by atoms with Gasteiger partial charge in [-0.3, -0.25) is 4.79 Å². The van der Waals surface area contributed by atoms with E-state index in [9.17, 15) is 4.79 Å². The van der Waals surface area contributed by atoms with Gasteiger partial charge in [-0.2, -0.15) is 0 Å². The fourth-order valence-corrected chi connectivity index (χ4v) is 2.34. The molecule has 0 radical (unpaired) electrons. The van der Waals surface area contributed by atoms with Gasteiger partial charge in [0.1, 0.15) is 6.29 Å². The topological polar surface area (TPSA) is 17.1 Å². The molecule has 0 N–H and O–H groups in total. The van der Waals surface area contributed by atoms with E-state index in [0.29, 0.717) is 5.56 Å². The van der Waals surface area contributed by atoms with E-state index in [1.165, 1.54) is 0 Å². The van der Waals surface area contributed by atoms with Crippen LogP contribution < -0.4 is 0 Å². The highest BCUT2D eigenvalue weighted by Crippen LogP contribution is 2.28. The summed E-state index contributed by atoms with van der Waals surface area (Å²) < 4.78 is 1.97. The van der Waals surface area contributed by atoms with Gasteiger partial charge in [0, 0.05) is 14.5 Å². The first-order valence-electron chi connectivity index (χ1n) is 4.05. The average molecular weight is 314 g/mol. The van der Waals surface area contributed by atoms with Crippen molar-refractivity contribution in [3.63, 3.8) is 0 Å². The molecule has 2 aromatic carbocycles. The maximum atomic E-state index is 10.6. The Morgan fingerprint density at radius 1 is 1.07 bits per heavy atom. The van der Waals surface area contributed by atoms with Crippen LogP contribution in [0.5, 0.6) is 0 Å². The lowest BCUT2D eigenvalue weighted by Gasteiger charge is -2.02. The lowest BCUT2D eigenvalue weighted by Crippen LogP contribution is -1.82. The van der Waals surface area contributed by atoms with Gasteiger partial charge in [0.15, 0.2) is 0 Å². The number of rotatable bonds is 1. The minimum absolute atomic E-state index is 0.687. The number of benzene rings is 2. The van der Waals surface area contributed by atoms with Crippen LogP contribution in [0.4, 0.5) is 0 Å². The van der Waals surface area contributed by atoms with Gasteiger partial charge in [0.2, 0.25) is 0 Å². The summed E-state index contributed by atoms with van der Waals surface area (Å²) in [4.78, 5) is 10.6. The minimum Gasteiger partial charge on any atom is -0.298 e. The van der Waals surface area contributed by atoms with Crippen molar-refractivity contribution in [2.24, 2.45) is 0 Å². The van der Waals surface area contributed by atoms with Crippen molar-refractivity contribution in [1.82, 2.24) is 0 Å². The van der Waals surface area contributed by atoms with E-state index >= 15 is 0 Å². The molecule has 0 aliphatic heterocycles. The van der Waals surface area contributed by atoms with Crippen molar-refractivity contribution >= 4 is 48.9 Å². The minimum atomic E-state index is 0.687. The van der Waals surface area contributed by atoms with E-state index in [-0.39, 0.29) is 0 Å². The Balaban J connectivity index is 2.82. The predicted molar refractivity (Wildman–Crippen MR) is 64.7 cm³/mol. The first kappa shape index (κ1) is 9.87. The molecule has 0 saturated carbocycles. The van der Waals surface area contributed by atoms with E-state index in [2.05, 4.69) is 31.9 Å². The van der Waals surface area contributed by atoms with Crippen LogP contribution in [-0.4, -0.2) is 6.29 Å². The summed E-state index contributed by atoms with van der Waals surface area (Å²) in [7, 11) is 0. The van der Waals surface area contributed by atoms with Gasteiger partial charge in [-0.05, 0) is 35.0 Å². The van der Waals surface area contributed by atoms with Crippen LogP contribution in [0.2, 0.25) is 0 Å². The van der Waals surface area contributed by atoms with E-state index in [1.54, 1.807) is 0 Å². The van der Waals surface area contributed by atoms with Gasteiger partial charge < -0.3 is 0 Å². The quantitative estimate of drug-likeness (QED) is 0.722. The number of halogens is 2. The zero-order chi connectivity index (χ0) is 10.1. The fraction of sp³-hybridized carbons (Fsp3) is 0. The number of hydrogen-bond donors (Lipinski definition) is 0. The molecule has 0 unspecified atom stereocenters. The lowest BCUT2D eigenvalue weighted by atomic mass is 10.1. The van der Waals surface area contributed by atoms with Crippen molar-refractivity contribution in [2.75, 3.05) is 0 Å². The number of fused-ring (bicyclic) bond motifs is 1. The number of hydrogen-bond acceptors (Lipinski definition) is 1. The number of aldehydes is 1. The summed E-state index contributed by atoms with van der Waals surface area (Å²) in [6, 6.07) is 9.66. The van der Waals surface area contributed by atoms with Gasteiger partial charge in [0.05, 0.1) is 0 Å². The third-order valence-electron chi connectivity index (χ3n) is 2.02. The summed E-state index contributed by atoms with van der Waals surface area (Å²) >= 11 is 6.85. The lowest BCUT2D eigenvalue weighted by molar-refractivity contribution is 0.112. The highest BCUT2D eigenvalue weighted by molar-refractivity contribution is 9.11. The monoisotopic (exact) mass is 312 g/mol. The SMILES string of the molecule is O=Cc1cc(Br)c2cc(Br)ccc2c1. The molecule has 0 aliphatic rings. The van der Waals surface area contributed by atoms with E-state index < -0.39 is 0 Å². The van der Waals surface area contributed by atoms with Gasteiger partial charge in [-0.1, -0.05) is 37.9 Å². The summed E-state index contributed by atoms with van der Waals surface area (Å²) in [5, 5.41) is 2.16. The van der Waals surface area contributed by atoms with Crippen molar-refractivity contribution in [2.45, 2.75) is 0 Å². The number of carbonyl (C=O) groups is 1. The molecule has 0 amide bonds. The first-order valence-corrected chi connectivity index (χ1v) is 5.63. The second-order valence-corrected chi connectivity index (χ2v) is 4.76. The fourth-order valence-electron chi connectivity index (χ4n) is 1.37. The molecule has 70 valence electrons. The van der Waals surface area contributed by atoms with Crippen molar-refractivity contribution < 1.29 is 4.79 Å². The van der Waals surface area contributed by atoms with Crippen LogP contribution in [0.3, 0.4) is 0 Å².